The Bertz CT molecular complexity index is 1040. The van der Waals surface area contributed by atoms with Crippen LogP contribution in [0, 0.1) is 5.41 Å². The Kier molecular flexibility index (Phi) is 6.37. The van der Waals surface area contributed by atoms with Crippen molar-refractivity contribution in [3.63, 3.8) is 0 Å². The van der Waals surface area contributed by atoms with Gasteiger partial charge in [-0.25, -0.2) is 4.68 Å². The van der Waals surface area contributed by atoms with E-state index in [0.29, 0.717) is 0 Å². The maximum absolute atomic E-state index is 13.4. The lowest BCUT2D eigenvalue weighted by atomic mass is 9.75. The van der Waals surface area contributed by atoms with Gasteiger partial charge in [0.2, 0.25) is 0 Å². The van der Waals surface area contributed by atoms with Gasteiger partial charge in [-0.15, -0.1) is 0 Å². The number of Topliss-reactive ketones (excluding diaryl/α,β-unsaturated/α-hetero) is 1. The number of halogens is 3. The van der Waals surface area contributed by atoms with Crippen molar-refractivity contribution in [3.05, 3.63) is 40.7 Å². The van der Waals surface area contributed by atoms with Gasteiger partial charge in [0.25, 0.3) is 5.91 Å². The van der Waals surface area contributed by atoms with Crippen molar-refractivity contribution in [2.45, 2.75) is 64.7 Å². The summed E-state index contributed by atoms with van der Waals surface area (Å²) in [5.41, 5.74) is 9.37. The lowest BCUT2D eigenvalue weighted by Crippen LogP contribution is -2.29. The Labute approximate surface area is 183 Å². The van der Waals surface area contributed by atoms with E-state index in [4.69, 9.17) is 16.6 Å². The summed E-state index contributed by atoms with van der Waals surface area (Å²) in [6, 6.07) is 4.04. The predicted octanol–water partition coefficient (Wildman–Crippen LogP) is 3.65. The van der Waals surface area contributed by atoms with Crippen LogP contribution < -0.4 is 11.5 Å². The number of hydrogen-bond donors (Lipinski definition) is 3. The third kappa shape index (κ3) is 4.95. The van der Waals surface area contributed by atoms with Gasteiger partial charge in [-0.1, -0.05) is 26.7 Å². The number of ketones is 1. The number of nitrogen functional groups attached to an aromatic ring is 1. The number of anilines is 1. The molecule has 5 N–H and O–H groups in total. The summed E-state index contributed by atoms with van der Waals surface area (Å²) < 4.78 is 41.3. The second kappa shape index (κ2) is 8.57. The quantitative estimate of drug-likeness (QED) is 0.600. The van der Waals surface area contributed by atoms with E-state index in [9.17, 15) is 22.8 Å². The first-order valence-corrected chi connectivity index (χ1v) is 10.4. The molecule has 1 aromatic heterocycles. The molecule has 0 atom stereocenters. The Morgan fingerprint density at radius 1 is 1.22 bits per heavy atom. The summed E-state index contributed by atoms with van der Waals surface area (Å²) in [4.78, 5) is 23.7. The average molecular weight is 452 g/mol. The van der Waals surface area contributed by atoms with Crippen LogP contribution in [0.1, 0.15) is 78.1 Å². The van der Waals surface area contributed by atoms with Gasteiger partial charge in [-0.2, -0.15) is 18.3 Å². The molecule has 1 aromatic carbocycles. The summed E-state index contributed by atoms with van der Waals surface area (Å²) >= 11 is 0. The molecule has 0 bridgehead atoms. The van der Waals surface area contributed by atoms with E-state index in [2.05, 4.69) is 5.10 Å². The fourth-order valence-corrected chi connectivity index (χ4v) is 4.17. The molecule has 0 spiro atoms. The number of carbonyl (C=O) groups excluding carboxylic acids is 2. The second-order valence-electron chi connectivity index (χ2n) is 9.09. The molecule has 10 heteroatoms. The number of benzene rings is 1. The van der Waals surface area contributed by atoms with Crippen LogP contribution in [0.15, 0.2) is 18.2 Å². The van der Waals surface area contributed by atoms with Crippen molar-refractivity contribution in [2.75, 3.05) is 5.73 Å². The van der Waals surface area contributed by atoms with Gasteiger partial charge >= 0.3 is 6.18 Å². The van der Waals surface area contributed by atoms with Gasteiger partial charge in [0.1, 0.15) is 0 Å². The number of rotatable bonds is 2. The Balaban J connectivity index is 0.000000416. The van der Waals surface area contributed by atoms with Crippen LogP contribution in [0.5, 0.6) is 0 Å². The molecule has 1 heterocycles. The molecule has 1 fully saturated rings. The van der Waals surface area contributed by atoms with Gasteiger partial charge in [0.15, 0.2) is 11.5 Å². The fourth-order valence-electron chi connectivity index (χ4n) is 4.17. The largest absolute Gasteiger partial charge is 0.435 e. The highest BCUT2D eigenvalue weighted by Crippen LogP contribution is 2.41. The number of aromatic nitrogens is 2. The lowest BCUT2D eigenvalue weighted by molar-refractivity contribution is -0.141. The van der Waals surface area contributed by atoms with Crippen LogP contribution in [0.25, 0.3) is 5.69 Å². The number of hydrogen-bond acceptors (Lipinski definition) is 5. The number of nitrogens with zero attached hydrogens (tertiary/aromatic N) is 2. The molecule has 2 aromatic rings. The second-order valence-corrected chi connectivity index (χ2v) is 9.09. The van der Waals surface area contributed by atoms with Gasteiger partial charge in [-0.3, -0.25) is 9.59 Å². The third-order valence-corrected chi connectivity index (χ3v) is 5.68. The van der Waals surface area contributed by atoms with Gasteiger partial charge in [0, 0.05) is 12.1 Å². The number of aliphatic hydroxyl groups is 1. The van der Waals surface area contributed by atoms with Crippen molar-refractivity contribution in [3.8, 4) is 5.69 Å². The minimum atomic E-state index is -4.76. The maximum atomic E-state index is 13.4. The minimum absolute atomic E-state index is 0.0114. The zero-order valence-corrected chi connectivity index (χ0v) is 18.0. The number of amides is 1. The minimum Gasteiger partial charge on any atom is -0.398 e. The average Bonchev–Trinajstić information content (AvgIpc) is 3.27. The number of primary amides is 1. The molecule has 7 nitrogen and oxygen atoms in total. The first-order chi connectivity index (χ1) is 14.8. The lowest BCUT2D eigenvalue weighted by Gasteiger charge is -2.29. The van der Waals surface area contributed by atoms with Crippen molar-refractivity contribution in [1.82, 2.24) is 9.78 Å². The first kappa shape index (κ1) is 23.8. The highest BCUT2D eigenvalue weighted by molar-refractivity contribution is 6.00. The van der Waals surface area contributed by atoms with Crippen molar-refractivity contribution in [1.29, 1.82) is 0 Å². The van der Waals surface area contributed by atoms with E-state index >= 15 is 0 Å². The Hall–Kier alpha value is -2.88. The van der Waals surface area contributed by atoms with Gasteiger partial charge < -0.3 is 16.6 Å². The molecular weight excluding hydrogens is 425 g/mol. The van der Waals surface area contributed by atoms with E-state index in [0.717, 1.165) is 17.5 Å². The molecule has 32 heavy (non-hydrogen) atoms. The predicted molar refractivity (Wildman–Crippen MR) is 112 cm³/mol. The zero-order valence-electron chi connectivity index (χ0n) is 18.0. The molecule has 1 saturated carbocycles. The summed E-state index contributed by atoms with van der Waals surface area (Å²) in [6.45, 7) is 3.62. The highest BCUT2D eigenvalue weighted by atomic mass is 19.4. The maximum Gasteiger partial charge on any atom is 0.435 e. The number of aliphatic hydroxyl groups excluding tert-OH is 1. The summed E-state index contributed by atoms with van der Waals surface area (Å²) in [6.07, 6.45) is 0.102. The molecule has 0 radical (unpaired) electrons. The van der Waals surface area contributed by atoms with Gasteiger partial charge in [-0.05, 0) is 42.9 Å². The zero-order chi connectivity index (χ0) is 23.8. The number of alkyl halides is 3. The van der Waals surface area contributed by atoms with Crippen LogP contribution in [-0.2, 0) is 12.6 Å². The Morgan fingerprint density at radius 2 is 1.84 bits per heavy atom. The van der Waals surface area contributed by atoms with Crippen LogP contribution in [0.3, 0.4) is 0 Å². The number of nitrogens with two attached hydrogens (primary N) is 2. The van der Waals surface area contributed by atoms with Crippen molar-refractivity contribution < 1.29 is 27.9 Å². The molecule has 2 aliphatic rings. The Morgan fingerprint density at radius 3 is 2.31 bits per heavy atom. The van der Waals surface area contributed by atoms with E-state index in [1.807, 2.05) is 13.8 Å². The molecule has 0 unspecified atom stereocenters. The SMILES string of the molecule is CC1(C)CC(=O)c2c(C(F)(F)F)nn(-c3ccc(C(N)=O)c(N)c3)c2C1.OC1CCCC1. The molecule has 4 rings (SSSR count). The van der Waals surface area contributed by atoms with Crippen molar-refractivity contribution in [2.24, 2.45) is 11.1 Å². The molecule has 1 amide bonds. The van der Waals surface area contributed by atoms with Crippen LogP contribution in [0.2, 0.25) is 0 Å². The summed E-state index contributed by atoms with van der Waals surface area (Å²) in [5.74, 6) is -1.33. The van der Waals surface area contributed by atoms with Crippen LogP contribution >= 0.6 is 0 Å². The smallest absolute Gasteiger partial charge is 0.398 e. The van der Waals surface area contributed by atoms with Crippen molar-refractivity contribution >= 4 is 17.4 Å². The highest BCUT2D eigenvalue weighted by Gasteiger charge is 2.45. The van der Waals surface area contributed by atoms with E-state index in [-0.39, 0.29) is 41.6 Å². The topological polar surface area (TPSA) is 124 Å². The van der Waals surface area contributed by atoms with Gasteiger partial charge in [0.05, 0.1) is 28.6 Å². The monoisotopic (exact) mass is 452 g/mol. The van der Waals surface area contributed by atoms with Crippen LogP contribution in [-0.4, -0.2) is 32.7 Å². The molecule has 174 valence electrons. The molecule has 0 saturated heterocycles. The van der Waals surface area contributed by atoms with Crippen LogP contribution in [0.4, 0.5) is 18.9 Å². The molecular formula is C22H27F3N4O3. The molecule has 0 aliphatic heterocycles. The summed E-state index contributed by atoms with van der Waals surface area (Å²) in [7, 11) is 0. The van der Waals surface area contributed by atoms with E-state index < -0.39 is 34.5 Å². The molecule has 2 aliphatic carbocycles. The summed E-state index contributed by atoms with van der Waals surface area (Å²) in [5, 5.41) is 12.4. The third-order valence-electron chi connectivity index (χ3n) is 5.68. The van der Waals surface area contributed by atoms with E-state index in [1.54, 1.807) is 0 Å². The first-order valence-electron chi connectivity index (χ1n) is 10.4. The standard InChI is InChI=1S/C17H17F3N4O2.C5H10O/c1-16(2)6-11-13(12(25)7-16)14(17(18,19)20)23-24(11)8-3-4-9(15(22)26)10(21)5-8;6-5-3-1-2-4-5/h3-5H,6-7,21H2,1-2H3,(H2,22,26);5-6H,1-4H2. The fraction of sp³-hybridized carbons (Fsp3) is 0.500. The normalized spacial score (nSPS) is 18.1. The number of fused-ring (bicyclic) bond motifs is 1. The van der Waals surface area contributed by atoms with E-state index in [1.165, 1.54) is 31.0 Å². The number of carbonyl (C=O) groups is 2.